The Hall–Kier alpha value is -3.33. The smallest absolute Gasteiger partial charge is 0.369 e. The number of likely N-dealkylation sites (N-methyl/N-ethyl adjacent to an activating group) is 1. The monoisotopic (exact) mass is 604 g/mol. The van der Waals surface area contributed by atoms with Crippen LogP contribution in [0.1, 0.15) is 79.2 Å². The zero-order valence-corrected chi connectivity index (χ0v) is 24.4. The first-order chi connectivity index (χ1) is 20.2. The molecule has 0 saturated heterocycles. The highest BCUT2D eigenvalue weighted by atomic mass is 19.4. The van der Waals surface area contributed by atoms with Crippen molar-refractivity contribution in [1.29, 1.82) is 0 Å². The molecule has 0 aliphatic heterocycles. The average Bonchev–Trinajstić information content (AvgIpc) is 2.98. The predicted octanol–water partition coefficient (Wildman–Crippen LogP) is 8.52. The highest BCUT2D eigenvalue weighted by molar-refractivity contribution is 5.87. The summed E-state index contributed by atoms with van der Waals surface area (Å²) in [5, 5.41) is 0. The van der Waals surface area contributed by atoms with E-state index in [2.05, 4.69) is 4.90 Å². The van der Waals surface area contributed by atoms with E-state index in [1.807, 2.05) is 67.7 Å². The lowest BCUT2D eigenvalue weighted by atomic mass is 9.59. The Morgan fingerprint density at radius 2 is 1.33 bits per heavy atom. The van der Waals surface area contributed by atoms with E-state index in [-0.39, 0.29) is 11.6 Å². The number of aryl methyl sites for hydroxylation is 1. The molecule has 0 radical (unpaired) electrons. The second-order valence-electron chi connectivity index (χ2n) is 11.8. The fourth-order valence-corrected chi connectivity index (χ4v) is 6.77. The molecular weight excluding hydrogens is 566 g/mol. The largest absolute Gasteiger partial charge is 0.416 e. The lowest BCUT2D eigenvalue weighted by molar-refractivity contribution is -0.143. The third-order valence-electron chi connectivity index (χ3n) is 9.50. The molecule has 4 rings (SSSR count). The summed E-state index contributed by atoms with van der Waals surface area (Å²) in [7, 11) is 1.89. The van der Waals surface area contributed by atoms with Gasteiger partial charge in [-0.25, -0.2) is 0 Å². The maximum absolute atomic E-state index is 13.8. The molecule has 2 N–H and O–H groups in total. The van der Waals surface area contributed by atoms with Crippen LogP contribution in [-0.4, -0.2) is 29.9 Å². The summed E-state index contributed by atoms with van der Waals surface area (Å²) in [5.41, 5.74) is 3.51. The van der Waals surface area contributed by atoms with Crippen LogP contribution >= 0.6 is 0 Å². The Morgan fingerprint density at radius 3 is 1.81 bits per heavy atom. The number of hydrogen-bond acceptors (Lipinski definition) is 2. The maximum Gasteiger partial charge on any atom is 0.416 e. The number of carbonyl (C=O) groups excluding carboxylic acids is 1. The molecule has 1 fully saturated rings. The Bertz CT molecular complexity index is 1330. The topological polar surface area (TPSA) is 46.3 Å². The molecule has 1 amide bonds. The van der Waals surface area contributed by atoms with Crippen molar-refractivity contribution in [2.24, 2.45) is 5.73 Å². The molecule has 1 aliphatic rings. The molecule has 9 heteroatoms. The van der Waals surface area contributed by atoms with Crippen molar-refractivity contribution in [2.75, 3.05) is 13.6 Å². The number of rotatable bonds is 10. The standard InChI is InChI=1S/C34H38F6N2O/c1-24(26-21-28(33(35,36)37)23-29(22-26)34(38,39)40)32(42(2)20-10-9-13-25-11-5-3-6-12-25)18-16-31(17-19-32,30(41)43)27-14-7-4-8-15-27/h3-8,11-12,14-15,21-24H,9-10,13,16-20H2,1-2H3,(H2,41,43). The number of amides is 1. The van der Waals surface area contributed by atoms with Crippen molar-refractivity contribution >= 4 is 5.91 Å². The van der Waals surface area contributed by atoms with Gasteiger partial charge in [-0.3, -0.25) is 4.79 Å². The predicted molar refractivity (Wildman–Crippen MR) is 155 cm³/mol. The van der Waals surface area contributed by atoms with Crippen LogP contribution in [-0.2, 0) is 29.0 Å². The van der Waals surface area contributed by atoms with Gasteiger partial charge in [0.15, 0.2) is 0 Å². The summed E-state index contributed by atoms with van der Waals surface area (Å²) in [5.74, 6) is -1.18. The van der Waals surface area contributed by atoms with Crippen LogP contribution in [0.3, 0.4) is 0 Å². The van der Waals surface area contributed by atoms with E-state index in [0.29, 0.717) is 32.2 Å². The molecule has 43 heavy (non-hydrogen) atoms. The third-order valence-corrected chi connectivity index (χ3v) is 9.50. The highest BCUT2D eigenvalue weighted by Gasteiger charge is 2.51. The molecule has 1 saturated carbocycles. The molecule has 232 valence electrons. The van der Waals surface area contributed by atoms with Gasteiger partial charge in [0.25, 0.3) is 0 Å². The summed E-state index contributed by atoms with van der Waals surface area (Å²) in [6, 6.07) is 21.0. The maximum atomic E-state index is 13.8. The lowest BCUT2D eigenvalue weighted by Gasteiger charge is -2.53. The van der Waals surface area contributed by atoms with E-state index in [1.54, 1.807) is 6.92 Å². The number of halogens is 6. The van der Waals surface area contributed by atoms with Crippen LogP contribution in [0.5, 0.6) is 0 Å². The summed E-state index contributed by atoms with van der Waals surface area (Å²) >= 11 is 0. The van der Waals surface area contributed by atoms with Crippen molar-refractivity contribution < 1.29 is 31.1 Å². The first-order valence-electron chi connectivity index (χ1n) is 14.6. The minimum absolute atomic E-state index is 0.0235. The third kappa shape index (κ3) is 7.08. The van der Waals surface area contributed by atoms with Gasteiger partial charge in [0.05, 0.1) is 16.5 Å². The van der Waals surface area contributed by atoms with E-state index in [0.717, 1.165) is 37.0 Å². The van der Waals surface area contributed by atoms with Crippen LogP contribution in [0.15, 0.2) is 78.9 Å². The molecule has 3 aromatic carbocycles. The van der Waals surface area contributed by atoms with Gasteiger partial charge in [-0.05, 0) is 99.3 Å². The Kier molecular flexibility index (Phi) is 9.64. The lowest BCUT2D eigenvalue weighted by Crippen LogP contribution is -2.57. The zero-order chi connectivity index (χ0) is 31.5. The average molecular weight is 605 g/mol. The van der Waals surface area contributed by atoms with Gasteiger partial charge in [-0.15, -0.1) is 0 Å². The number of nitrogens with zero attached hydrogens (tertiary/aromatic N) is 1. The van der Waals surface area contributed by atoms with Crippen molar-refractivity contribution in [1.82, 2.24) is 4.90 Å². The van der Waals surface area contributed by atoms with Gasteiger partial charge in [-0.2, -0.15) is 26.3 Å². The van der Waals surface area contributed by atoms with Crippen molar-refractivity contribution in [3.8, 4) is 0 Å². The molecule has 0 spiro atoms. The molecule has 0 heterocycles. The normalized spacial score (nSPS) is 22.0. The van der Waals surface area contributed by atoms with E-state index < -0.39 is 46.3 Å². The fourth-order valence-electron chi connectivity index (χ4n) is 6.77. The minimum Gasteiger partial charge on any atom is -0.369 e. The van der Waals surface area contributed by atoms with Crippen LogP contribution < -0.4 is 5.73 Å². The van der Waals surface area contributed by atoms with E-state index in [9.17, 15) is 31.1 Å². The van der Waals surface area contributed by atoms with Gasteiger partial charge in [-0.1, -0.05) is 67.6 Å². The molecule has 1 aliphatic carbocycles. The first-order valence-corrected chi connectivity index (χ1v) is 14.6. The van der Waals surface area contributed by atoms with Crippen molar-refractivity contribution in [3.63, 3.8) is 0 Å². The van der Waals surface area contributed by atoms with Crippen LogP contribution in [0.4, 0.5) is 26.3 Å². The Morgan fingerprint density at radius 1 is 0.814 bits per heavy atom. The number of benzene rings is 3. The molecule has 1 unspecified atom stereocenters. The number of nitrogens with two attached hydrogens (primary N) is 1. The van der Waals surface area contributed by atoms with Gasteiger partial charge < -0.3 is 10.6 Å². The molecular formula is C34H38F6N2O. The molecule has 0 bridgehead atoms. The van der Waals surface area contributed by atoms with Gasteiger partial charge >= 0.3 is 12.4 Å². The Balaban J connectivity index is 1.69. The highest BCUT2D eigenvalue weighted by Crippen LogP contribution is 2.51. The fraction of sp³-hybridized carbons (Fsp3) is 0.441. The summed E-state index contributed by atoms with van der Waals surface area (Å²) in [6.45, 7) is 2.30. The first kappa shape index (κ1) is 32.6. The summed E-state index contributed by atoms with van der Waals surface area (Å²) in [4.78, 5) is 15.0. The second kappa shape index (κ2) is 12.7. The molecule has 3 nitrogen and oxygen atoms in total. The molecule has 0 aromatic heterocycles. The zero-order valence-electron chi connectivity index (χ0n) is 24.4. The second-order valence-corrected chi connectivity index (χ2v) is 11.8. The summed E-state index contributed by atoms with van der Waals surface area (Å²) in [6.07, 6.45) is -5.95. The van der Waals surface area contributed by atoms with E-state index in [1.165, 1.54) is 5.56 Å². The number of hydrogen-bond donors (Lipinski definition) is 1. The van der Waals surface area contributed by atoms with Crippen molar-refractivity contribution in [2.45, 2.75) is 81.1 Å². The van der Waals surface area contributed by atoms with Gasteiger partial charge in [0.1, 0.15) is 0 Å². The van der Waals surface area contributed by atoms with Gasteiger partial charge in [0.2, 0.25) is 5.91 Å². The minimum atomic E-state index is -4.94. The number of primary amides is 1. The molecule has 1 atom stereocenters. The SMILES string of the molecule is CC(c1cc(C(F)(F)F)cc(C(F)(F)F)c1)C1(N(C)CCCCc2ccccc2)CCC(C(N)=O)(c2ccccc2)CC1. The van der Waals surface area contributed by atoms with Crippen LogP contribution in [0, 0.1) is 0 Å². The van der Waals surface area contributed by atoms with Gasteiger partial charge in [0, 0.05) is 5.54 Å². The quantitative estimate of drug-likeness (QED) is 0.186. The number of alkyl halides is 6. The summed E-state index contributed by atoms with van der Waals surface area (Å²) < 4.78 is 82.7. The van der Waals surface area contributed by atoms with Crippen LogP contribution in [0.25, 0.3) is 0 Å². The number of unbranched alkanes of at least 4 members (excludes halogenated alkanes) is 1. The number of carbonyl (C=O) groups is 1. The van der Waals surface area contributed by atoms with E-state index in [4.69, 9.17) is 5.73 Å². The van der Waals surface area contributed by atoms with E-state index >= 15 is 0 Å². The van der Waals surface area contributed by atoms with Crippen LogP contribution in [0.2, 0.25) is 0 Å². The van der Waals surface area contributed by atoms with Crippen molar-refractivity contribution in [3.05, 3.63) is 107 Å². The molecule has 3 aromatic rings. The Labute approximate surface area is 249 Å².